The molecule has 1 atom stereocenters. The Hall–Kier alpha value is -2.21. The Labute approximate surface area is 129 Å². The van der Waals surface area contributed by atoms with Crippen molar-refractivity contribution in [2.75, 3.05) is 19.7 Å². The average molecular weight is 300 g/mol. The molecule has 0 unspecified atom stereocenters. The molecular formula is C16H20N4O2. The van der Waals surface area contributed by atoms with Crippen LogP contribution in [-0.4, -0.2) is 45.3 Å². The Morgan fingerprint density at radius 3 is 2.95 bits per heavy atom. The number of hydrogen-bond donors (Lipinski definition) is 0. The number of amides is 1. The molecule has 1 fully saturated rings. The van der Waals surface area contributed by atoms with Crippen LogP contribution in [0.5, 0.6) is 0 Å². The summed E-state index contributed by atoms with van der Waals surface area (Å²) in [5.41, 5.74) is 2.46. The number of aryl methyl sites for hydroxylation is 2. The van der Waals surface area contributed by atoms with E-state index >= 15 is 0 Å². The molecule has 0 radical (unpaired) electrons. The maximum Gasteiger partial charge on any atom is 0.274 e. The molecule has 3 rings (SSSR count). The highest BCUT2D eigenvalue weighted by Crippen LogP contribution is 2.21. The lowest BCUT2D eigenvalue weighted by molar-refractivity contribution is -0.0249. The predicted molar refractivity (Wildman–Crippen MR) is 81.5 cm³/mol. The molecule has 116 valence electrons. The van der Waals surface area contributed by atoms with Crippen LogP contribution in [0.25, 0.3) is 0 Å². The standard InChI is InChI=1S/C16H20N4O2/c1-3-20-7-6-14(18-20)16(21)19-8-9-22-15(11-19)13-5-4-12(2)10-17-13/h4-7,10,15H,3,8-9,11H2,1-2H3/t15-/m1/s1. The highest BCUT2D eigenvalue weighted by Gasteiger charge is 2.27. The van der Waals surface area contributed by atoms with E-state index in [2.05, 4.69) is 10.1 Å². The first-order valence-corrected chi connectivity index (χ1v) is 7.54. The molecule has 2 aromatic rings. The number of ether oxygens (including phenoxy) is 1. The molecule has 1 amide bonds. The summed E-state index contributed by atoms with van der Waals surface area (Å²) in [6, 6.07) is 5.73. The van der Waals surface area contributed by atoms with E-state index in [1.54, 1.807) is 15.6 Å². The SMILES string of the molecule is CCn1ccc(C(=O)N2CCO[C@@H](c3ccc(C)cn3)C2)n1. The summed E-state index contributed by atoms with van der Waals surface area (Å²) in [5.74, 6) is -0.0485. The lowest BCUT2D eigenvalue weighted by Crippen LogP contribution is -2.42. The summed E-state index contributed by atoms with van der Waals surface area (Å²) < 4.78 is 7.52. The molecule has 6 heteroatoms. The molecule has 0 aliphatic carbocycles. The van der Waals surface area contributed by atoms with Crippen molar-refractivity contribution in [3.8, 4) is 0 Å². The first-order valence-electron chi connectivity index (χ1n) is 7.54. The Morgan fingerprint density at radius 1 is 1.41 bits per heavy atom. The smallest absolute Gasteiger partial charge is 0.274 e. The van der Waals surface area contributed by atoms with Crippen molar-refractivity contribution in [3.63, 3.8) is 0 Å². The largest absolute Gasteiger partial charge is 0.368 e. The van der Waals surface area contributed by atoms with Crippen molar-refractivity contribution >= 4 is 5.91 Å². The van der Waals surface area contributed by atoms with Gasteiger partial charge in [-0.1, -0.05) is 6.07 Å². The van der Waals surface area contributed by atoms with Crippen LogP contribution in [0.1, 0.15) is 34.8 Å². The molecule has 0 spiro atoms. The van der Waals surface area contributed by atoms with Crippen LogP contribution < -0.4 is 0 Å². The Morgan fingerprint density at radius 2 is 2.27 bits per heavy atom. The lowest BCUT2D eigenvalue weighted by atomic mass is 10.1. The minimum atomic E-state index is -0.174. The van der Waals surface area contributed by atoms with Gasteiger partial charge in [-0.05, 0) is 31.5 Å². The van der Waals surface area contributed by atoms with Gasteiger partial charge in [0, 0.05) is 25.5 Å². The minimum absolute atomic E-state index is 0.0485. The van der Waals surface area contributed by atoms with Gasteiger partial charge in [-0.3, -0.25) is 14.5 Å². The highest BCUT2D eigenvalue weighted by atomic mass is 16.5. The quantitative estimate of drug-likeness (QED) is 0.867. The second-order valence-corrected chi connectivity index (χ2v) is 5.43. The molecule has 0 N–H and O–H groups in total. The van der Waals surface area contributed by atoms with E-state index in [4.69, 9.17) is 4.74 Å². The molecule has 2 aromatic heterocycles. The van der Waals surface area contributed by atoms with E-state index < -0.39 is 0 Å². The van der Waals surface area contributed by atoms with Crippen LogP contribution >= 0.6 is 0 Å². The average Bonchev–Trinajstić information content (AvgIpc) is 3.04. The van der Waals surface area contributed by atoms with E-state index in [-0.39, 0.29) is 12.0 Å². The third-order valence-corrected chi connectivity index (χ3v) is 3.80. The maximum atomic E-state index is 12.5. The first kappa shape index (κ1) is 14.7. The van der Waals surface area contributed by atoms with Crippen molar-refractivity contribution in [2.45, 2.75) is 26.5 Å². The summed E-state index contributed by atoms with van der Waals surface area (Å²) in [6.45, 7) is 6.36. The van der Waals surface area contributed by atoms with Crippen LogP contribution in [0.15, 0.2) is 30.6 Å². The fourth-order valence-corrected chi connectivity index (χ4v) is 2.50. The van der Waals surface area contributed by atoms with Gasteiger partial charge in [-0.25, -0.2) is 0 Å². The van der Waals surface area contributed by atoms with E-state index in [9.17, 15) is 4.79 Å². The zero-order chi connectivity index (χ0) is 15.5. The maximum absolute atomic E-state index is 12.5. The minimum Gasteiger partial charge on any atom is -0.368 e. The van der Waals surface area contributed by atoms with Gasteiger partial charge in [-0.15, -0.1) is 0 Å². The summed E-state index contributed by atoms with van der Waals surface area (Å²) in [5, 5.41) is 4.28. The van der Waals surface area contributed by atoms with Crippen LogP contribution in [0, 0.1) is 6.92 Å². The van der Waals surface area contributed by atoms with Gasteiger partial charge in [0.25, 0.3) is 5.91 Å². The Balaban J connectivity index is 1.72. The molecule has 6 nitrogen and oxygen atoms in total. The molecule has 0 aromatic carbocycles. The van der Waals surface area contributed by atoms with Gasteiger partial charge in [0.15, 0.2) is 0 Å². The first-order chi connectivity index (χ1) is 10.7. The highest BCUT2D eigenvalue weighted by molar-refractivity contribution is 5.92. The van der Waals surface area contributed by atoms with Crippen molar-refractivity contribution in [1.82, 2.24) is 19.7 Å². The van der Waals surface area contributed by atoms with Gasteiger partial charge in [0.1, 0.15) is 11.8 Å². The summed E-state index contributed by atoms with van der Waals surface area (Å²) in [4.78, 5) is 18.7. The van der Waals surface area contributed by atoms with Crippen LogP contribution in [-0.2, 0) is 11.3 Å². The zero-order valence-corrected chi connectivity index (χ0v) is 12.9. The van der Waals surface area contributed by atoms with E-state index in [0.717, 1.165) is 17.8 Å². The second-order valence-electron chi connectivity index (χ2n) is 5.43. The Kier molecular flexibility index (Phi) is 4.20. The lowest BCUT2D eigenvalue weighted by Gasteiger charge is -2.32. The van der Waals surface area contributed by atoms with E-state index in [1.807, 2.05) is 38.4 Å². The van der Waals surface area contributed by atoms with Gasteiger partial charge in [0.2, 0.25) is 0 Å². The molecule has 0 bridgehead atoms. The molecule has 3 heterocycles. The van der Waals surface area contributed by atoms with Crippen molar-refractivity contribution in [1.29, 1.82) is 0 Å². The van der Waals surface area contributed by atoms with Gasteiger partial charge in [0.05, 0.1) is 18.8 Å². The van der Waals surface area contributed by atoms with Gasteiger partial charge >= 0.3 is 0 Å². The van der Waals surface area contributed by atoms with Crippen LogP contribution in [0.2, 0.25) is 0 Å². The summed E-state index contributed by atoms with van der Waals surface area (Å²) in [7, 11) is 0. The van der Waals surface area contributed by atoms with Gasteiger partial charge < -0.3 is 9.64 Å². The third kappa shape index (κ3) is 3.01. The van der Waals surface area contributed by atoms with Gasteiger partial charge in [-0.2, -0.15) is 5.10 Å². The Bertz CT molecular complexity index is 650. The molecule has 1 aliphatic heterocycles. The topological polar surface area (TPSA) is 60.2 Å². The second kappa shape index (κ2) is 6.27. The van der Waals surface area contributed by atoms with Crippen LogP contribution in [0.3, 0.4) is 0 Å². The van der Waals surface area contributed by atoms with Crippen molar-refractivity contribution < 1.29 is 9.53 Å². The molecular weight excluding hydrogens is 280 g/mol. The molecule has 1 saturated heterocycles. The monoisotopic (exact) mass is 300 g/mol. The van der Waals surface area contributed by atoms with Crippen LogP contribution in [0.4, 0.5) is 0 Å². The normalized spacial score (nSPS) is 18.5. The number of rotatable bonds is 3. The molecule has 0 saturated carbocycles. The number of aromatic nitrogens is 3. The van der Waals surface area contributed by atoms with E-state index in [1.165, 1.54) is 0 Å². The number of hydrogen-bond acceptors (Lipinski definition) is 4. The third-order valence-electron chi connectivity index (χ3n) is 3.80. The molecule has 1 aliphatic rings. The number of pyridine rings is 1. The predicted octanol–water partition coefficient (Wildman–Crippen LogP) is 1.82. The fourth-order valence-electron chi connectivity index (χ4n) is 2.50. The van der Waals surface area contributed by atoms with E-state index in [0.29, 0.717) is 25.4 Å². The fraction of sp³-hybridized carbons (Fsp3) is 0.438. The van der Waals surface area contributed by atoms with Crippen molar-refractivity contribution in [3.05, 3.63) is 47.5 Å². The summed E-state index contributed by atoms with van der Waals surface area (Å²) in [6.07, 6.45) is 3.47. The van der Waals surface area contributed by atoms with Crippen molar-refractivity contribution in [2.24, 2.45) is 0 Å². The number of carbonyl (C=O) groups excluding carboxylic acids is 1. The number of nitrogens with zero attached hydrogens (tertiary/aromatic N) is 4. The zero-order valence-electron chi connectivity index (χ0n) is 12.9. The molecule has 22 heavy (non-hydrogen) atoms. The number of carbonyl (C=O) groups is 1. The number of morpholine rings is 1. The summed E-state index contributed by atoms with van der Waals surface area (Å²) >= 11 is 0.